The van der Waals surface area contributed by atoms with Crippen LogP contribution in [0.2, 0.25) is 0 Å². The lowest BCUT2D eigenvalue weighted by Crippen LogP contribution is -2.20. The summed E-state index contributed by atoms with van der Waals surface area (Å²) in [5.74, 6) is 0. The van der Waals surface area contributed by atoms with Crippen molar-refractivity contribution in [2.75, 3.05) is 26.8 Å². The molecule has 0 atom stereocenters. The van der Waals surface area contributed by atoms with Crippen LogP contribution in [0.25, 0.3) is 33.9 Å². The maximum absolute atomic E-state index is 5.13. The molecule has 5 nitrogen and oxygen atoms in total. The SMILES string of the molecule is COC/C=C\c1c(C)c(-c2cc3c(C4=CCNCC4)ccnc3[nH]2)cn1C. The summed E-state index contributed by atoms with van der Waals surface area (Å²) in [7, 11) is 3.79. The maximum atomic E-state index is 5.13. The van der Waals surface area contributed by atoms with Crippen LogP contribution in [0.4, 0.5) is 0 Å². The highest BCUT2D eigenvalue weighted by molar-refractivity contribution is 5.94. The summed E-state index contributed by atoms with van der Waals surface area (Å²) in [4.78, 5) is 8.09. The van der Waals surface area contributed by atoms with Crippen molar-refractivity contribution in [3.05, 3.63) is 53.5 Å². The number of fused-ring (bicyclic) bond motifs is 1. The second-order valence-electron chi connectivity index (χ2n) is 7.01. The molecule has 2 N–H and O–H groups in total. The molecule has 0 aliphatic carbocycles. The van der Waals surface area contributed by atoms with Crippen LogP contribution in [0.3, 0.4) is 0 Å². The fraction of sp³-hybridized carbons (Fsp3) is 0.318. The van der Waals surface area contributed by atoms with E-state index >= 15 is 0 Å². The molecule has 0 bridgehead atoms. The molecule has 4 rings (SSSR count). The average molecular weight is 362 g/mol. The molecule has 0 unspecified atom stereocenters. The summed E-state index contributed by atoms with van der Waals surface area (Å²) < 4.78 is 7.28. The van der Waals surface area contributed by atoms with Gasteiger partial charge in [-0.2, -0.15) is 0 Å². The molecule has 0 spiro atoms. The molecular formula is C22H26N4O. The van der Waals surface area contributed by atoms with Gasteiger partial charge in [-0.05, 0) is 54.8 Å². The molecule has 4 heterocycles. The van der Waals surface area contributed by atoms with Crippen molar-refractivity contribution in [3.8, 4) is 11.3 Å². The molecule has 140 valence electrons. The fourth-order valence-electron chi connectivity index (χ4n) is 3.85. The number of nitrogens with zero attached hydrogens (tertiary/aromatic N) is 2. The minimum Gasteiger partial charge on any atom is -0.381 e. The van der Waals surface area contributed by atoms with E-state index in [1.807, 2.05) is 12.3 Å². The summed E-state index contributed by atoms with van der Waals surface area (Å²) in [5, 5.41) is 4.58. The number of aromatic amines is 1. The van der Waals surface area contributed by atoms with Gasteiger partial charge in [-0.3, -0.25) is 0 Å². The Morgan fingerprint density at radius 1 is 1.33 bits per heavy atom. The first kappa shape index (κ1) is 17.8. The van der Waals surface area contributed by atoms with Gasteiger partial charge in [0, 0.05) is 55.4 Å². The van der Waals surface area contributed by atoms with Gasteiger partial charge in [0.1, 0.15) is 5.65 Å². The Balaban J connectivity index is 1.77. The van der Waals surface area contributed by atoms with E-state index in [2.05, 4.69) is 64.3 Å². The average Bonchev–Trinajstić information content (AvgIpc) is 3.24. The third kappa shape index (κ3) is 3.36. The molecule has 0 radical (unpaired) electrons. The van der Waals surface area contributed by atoms with Crippen molar-refractivity contribution in [3.63, 3.8) is 0 Å². The van der Waals surface area contributed by atoms with Crippen LogP contribution in [0.1, 0.15) is 23.2 Å². The van der Waals surface area contributed by atoms with Gasteiger partial charge in [0.25, 0.3) is 0 Å². The topological polar surface area (TPSA) is 54.9 Å². The summed E-state index contributed by atoms with van der Waals surface area (Å²) >= 11 is 0. The monoisotopic (exact) mass is 362 g/mol. The van der Waals surface area contributed by atoms with Gasteiger partial charge in [0.2, 0.25) is 0 Å². The quantitative estimate of drug-likeness (QED) is 0.723. The number of aryl methyl sites for hydroxylation is 1. The molecule has 0 aromatic carbocycles. The van der Waals surface area contributed by atoms with Crippen molar-refractivity contribution in [1.29, 1.82) is 0 Å². The van der Waals surface area contributed by atoms with E-state index in [4.69, 9.17) is 4.74 Å². The van der Waals surface area contributed by atoms with Crippen molar-refractivity contribution in [2.45, 2.75) is 13.3 Å². The molecule has 1 aliphatic rings. The predicted octanol–water partition coefficient (Wildman–Crippen LogP) is 3.91. The number of methoxy groups -OCH3 is 1. The van der Waals surface area contributed by atoms with Crippen LogP contribution in [0.15, 0.2) is 36.7 Å². The lowest BCUT2D eigenvalue weighted by atomic mass is 9.98. The normalized spacial score (nSPS) is 15.0. The van der Waals surface area contributed by atoms with Gasteiger partial charge in [-0.1, -0.05) is 12.2 Å². The van der Waals surface area contributed by atoms with Crippen LogP contribution < -0.4 is 5.32 Å². The summed E-state index contributed by atoms with van der Waals surface area (Å²) in [6.07, 6.45) is 11.6. The molecule has 27 heavy (non-hydrogen) atoms. The van der Waals surface area contributed by atoms with Crippen molar-refractivity contribution >= 4 is 22.7 Å². The van der Waals surface area contributed by atoms with Gasteiger partial charge >= 0.3 is 0 Å². The molecule has 1 aliphatic heterocycles. The highest BCUT2D eigenvalue weighted by atomic mass is 16.5. The first-order chi connectivity index (χ1) is 13.2. The van der Waals surface area contributed by atoms with E-state index in [1.165, 1.54) is 33.3 Å². The van der Waals surface area contributed by atoms with E-state index in [0.717, 1.165) is 30.9 Å². The standard InChI is InChI=1S/C22H26N4O/c1-15-19(14-26(2)21(15)5-4-12-27-3)20-13-18-17(8-11-24-22(18)25-20)16-6-9-23-10-7-16/h4-6,8,11,13-14,23H,7,9-10,12H2,1-3H3,(H,24,25)/b5-4-. The predicted molar refractivity (Wildman–Crippen MR) is 112 cm³/mol. The Morgan fingerprint density at radius 2 is 2.22 bits per heavy atom. The van der Waals surface area contributed by atoms with E-state index in [9.17, 15) is 0 Å². The second kappa shape index (κ2) is 7.55. The van der Waals surface area contributed by atoms with Crippen LogP contribution in [-0.2, 0) is 11.8 Å². The number of H-pyrrole nitrogens is 1. The number of hydrogen-bond acceptors (Lipinski definition) is 3. The Labute approximate surface area is 159 Å². The van der Waals surface area contributed by atoms with Gasteiger partial charge in [0.05, 0.1) is 6.61 Å². The Kier molecular flexibility index (Phi) is 4.97. The molecule has 0 fully saturated rings. The number of ether oxygens (including phenoxy) is 1. The lowest BCUT2D eigenvalue weighted by Gasteiger charge is -2.14. The molecule has 0 amide bonds. The van der Waals surface area contributed by atoms with Crippen LogP contribution >= 0.6 is 0 Å². The van der Waals surface area contributed by atoms with E-state index in [0.29, 0.717) is 6.61 Å². The fourth-order valence-corrected chi connectivity index (χ4v) is 3.85. The Morgan fingerprint density at radius 3 is 3.00 bits per heavy atom. The first-order valence-electron chi connectivity index (χ1n) is 9.38. The highest BCUT2D eigenvalue weighted by Crippen LogP contribution is 2.33. The second-order valence-corrected chi connectivity index (χ2v) is 7.01. The van der Waals surface area contributed by atoms with Crippen LogP contribution in [-0.4, -0.2) is 41.3 Å². The zero-order chi connectivity index (χ0) is 18.8. The smallest absolute Gasteiger partial charge is 0.138 e. The summed E-state index contributed by atoms with van der Waals surface area (Å²) in [6.45, 7) is 4.74. The first-order valence-corrected chi connectivity index (χ1v) is 9.38. The third-order valence-corrected chi connectivity index (χ3v) is 5.26. The highest BCUT2D eigenvalue weighted by Gasteiger charge is 2.16. The van der Waals surface area contributed by atoms with E-state index < -0.39 is 0 Å². The van der Waals surface area contributed by atoms with E-state index in [1.54, 1.807) is 7.11 Å². The summed E-state index contributed by atoms with van der Waals surface area (Å²) in [5.41, 5.74) is 8.39. The minimum atomic E-state index is 0.615. The Bertz CT molecular complexity index is 1020. The largest absolute Gasteiger partial charge is 0.381 e. The van der Waals surface area contributed by atoms with E-state index in [-0.39, 0.29) is 0 Å². The van der Waals surface area contributed by atoms with Gasteiger partial charge in [-0.15, -0.1) is 0 Å². The zero-order valence-electron chi connectivity index (χ0n) is 16.2. The van der Waals surface area contributed by atoms with Crippen molar-refractivity contribution in [2.24, 2.45) is 7.05 Å². The van der Waals surface area contributed by atoms with Crippen molar-refractivity contribution < 1.29 is 4.74 Å². The van der Waals surface area contributed by atoms with Gasteiger partial charge < -0.3 is 19.6 Å². The third-order valence-electron chi connectivity index (χ3n) is 5.26. The molecule has 0 saturated heterocycles. The lowest BCUT2D eigenvalue weighted by molar-refractivity contribution is 0.234. The molecular weight excluding hydrogens is 336 g/mol. The number of aromatic nitrogens is 3. The molecule has 3 aromatic heterocycles. The summed E-state index contributed by atoms with van der Waals surface area (Å²) in [6, 6.07) is 4.37. The molecule has 3 aromatic rings. The molecule has 0 saturated carbocycles. The van der Waals surface area contributed by atoms with Crippen molar-refractivity contribution in [1.82, 2.24) is 19.9 Å². The Hall–Kier alpha value is -2.63. The number of nitrogens with one attached hydrogen (secondary N) is 2. The minimum absolute atomic E-state index is 0.615. The number of rotatable bonds is 5. The van der Waals surface area contributed by atoms with Gasteiger partial charge in [0.15, 0.2) is 0 Å². The van der Waals surface area contributed by atoms with Gasteiger partial charge in [-0.25, -0.2) is 4.98 Å². The zero-order valence-corrected chi connectivity index (χ0v) is 16.2. The maximum Gasteiger partial charge on any atom is 0.138 e. The molecule has 5 heteroatoms. The van der Waals surface area contributed by atoms with Crippen LogP contribution in [0.5, 0.6) is 0 Å². The van der Waals surface area contributed by atoms with Crippen LogP contribution in [0, 0.1) is 6.92 Å². The number of hydrogen-bond donors (Lipinski definition) is 2. The number of pyridine rings is 1.